The van der Waals surface area contributed by atoms with Crippen molar-refractivity contribution in [1.29, 1.82) is 0 Å². The first-order valence-electron chi connectivity index (χ1n) is 7.01. The van der Waals surface area contributed by atoms with E-state index in [2.05, 4.69) is 10.6 Å². The topological polar surface area (TPSA) is 101 Å². The third-order valence-electron chi connectivity index (χ3n) is 3.34. The highest BCUT2D eigenvalue weighted by atomic mass is 16.2. The molecule has 0 saturated carbocycles. The lowest BCUT2D eigenvalue weighted by Crippen LogP contribution is -2.31. The third-order valence-corrected chi connectivity index (χ3v) is 3.34. The SMILES string of the molecule is Cc1ccccc1CNC(=O)c1ccccc1NC(=O)C(N)=O. The number of amides is 3. The number of para-hydroxylation sites is 1. The average Bonchev–Trinajstić information content (AvgIpc) is 2.54. The van der Waals surface area contributed by atoms with Gasteiger partial charge in [-0.25, -0.2) is 0 Å². The highest BCUT2D eigenvalue weighted by Gasteiger charge is 2.15. The van der Waals surface area contributed by atoms with Crippen LogP contribution in [0.3, 0.4) is 0 Å². The molecule has 0 aromatic heterocycles. The van der Waals surface area contributed by atoms with Crippen molar-refractivity contribution in [2.45, 2.75) is 13.5 Å². The van der Waals surface area contributed by atoms with Crippen molar-refractivity contribution in [1.82, 2.24) is 5.32 Å². The van der Waals surface area contributed by atoms with Crippen LogP contribution >= 0.6 is 0 Å². The van der Waals surface area contributed by atoms with Crippen molar-refractivity contribution in [3.63, 3.8) is 0 Å². The Morgan fingerprint density at radius 3 is 2.35 bits per heavy atom. The molecule has 0 heterocycles. The fraction of sp³-hybridized carbons (Fsp3) is 0.118. The number of aryl methyl sites for hydroxylation is 1. The van der Waals surface area contributed by atoms with Gasteiger partial charge in [0.1, 0.15) is 0 Å². The van der Waals surface area contributed by atoms with Crippen LogP contribution in [0.1, 0.15) is 21.5 Å². The third kappa shape index (κ3) is 4.16. The molecule has 0 bridgehead atoms. The Hall–Kier alpha value is -3.15. The van der Waals surface area contributed by atoms with E-state index in [4.69, 9.17) is 5.73 Å². The number of carbonyl (C=O) groups excluding carboxylic acids is 3. The second kappa shape index (κ2) is 7.22. The van der Waals surface area contributed by atoms with Gasteiger partial charge in [-0.05, 0) is 30.2 Å². The number of hydrogen-bond acceptors (Lipinski definition) is 3. The summed E-state index contributed by atoms with van der Waals surface area (Å²) >= 11 is 0. The Morgan fingerprint density at radius 2 is 1.65 bits per heavy atom. The van der Waals surface area contributed by atoms with Crippen molar-refractivity contribution in [3.8, 4) is 0 Å². The molecule has 2 aromatic carbocycles. The molecule has 4 N–H and O–H groups in total. The van der Waals surface area contributed by atoms with Crippen molar-refractivity contribution in [2.24, 2.45) is 5.73 Å². The number of hydrogen-bond donors (Lipinski definition) is 3. The zero-order valence-electron chi connectivity index (χ0n) is 12.6. The number of carbonyl (C=O) groups is 3. The van der Waals surface area contributed by atoms with E-state index in [1.807, 2.05) is 31.2 Å². The van der Waals surface area contributed by atoms with Crippen LogP contribution in [-0.2, 0) is 16.1 Å². The monoisotopic (exact) mass is 311 g/mol. The van der Waals surface area contributed by atoms with E-state index in [-0.39, 0.29) is 17.2 Å². The lowest BCUT2D eigenvalue weighted by molar-refractivity contribution is -0.134. The summed E-state index contributed by atoms with van der Waals surface area (Å²) in [7, 11) is 0. The summed E-state index contributed by atoms with van der Waals surface area (Å²) in [5.41, 5.74) is 7.48. The van der Waals surface area contributed by atoms with E-state index in [9.17, 15) is 14.4 Å². The van der Waals surface area contributed by atoms with E-state index in [0.29, 0.717) is 6.54 Å². The summed E-state index contributed by atoms with van der Waals surface area (Å²) in [5, 5.41) is 5.12. The Bertz CT molecular complexity index is 756. The molecule has 0 aliphatic carbocycles. The molecule has 0 fully saturated rings. The summed E-state index contributed by atoms with van der Waals surface area (Å²) in [6, 6.07) is 14.1. The average molecular weight is 311 g/mol. The quantitative estimate of drug-likeness (QED) is 0.743. The minimum Gasteiger partial charge on any atom is -0.361 e. The van der Waals surface area contributed by atoms with Gasteiger partial charge in [0.15, 0.2) is 0 Å². The van der Waals surface area contributed by atoms with Gasteiger partial charge in [0.05, 0.1) is 11.3 Å². The number of nitrogens with two attached hydrogens (primary N) is 1. The first kappa shape index (κ1) is 16.2. The first-order valence-corrected chi connectivity index (χ1v) is 7.01. The molecule has 6 heteroatoms. The number of primary amides is 1. The van der Waals surface area contributed by atoms with E-state index < -0.39 is 11.8 Å². The number of rotatable bonds is 4. The maximum atomic E-state index is 12.3. The van der Waals surface area contributed by atoms with Crippen LogP contribution < -0.4 is 16.4 Å². The number of anilines is 1. The Morgan fingerprint density at radius 1 is 1.00 bits per heavy atom. The predicted octanol–water partition coefficient (Wildman–Crippen LogP) is 1.35. The summed E-state index contributed by atoms with van der Waals surface area (Å²) in [6.07, 6.45) is 0. The molecule has 6 nitrogen and oxygen atoms in total. The zero-order valence-corrected chi connectivity index (χ0v) is 12.6. The highest BCUT2D eigenvalue weighted by Crippen LogP contribution is 2.15. The van der Waals surface area contributed by atoms with E-state index >= 15 is 0 Å². The van der Waals surface area contributed by atoms with E-state index in [1.54, 1.807) is 18.2 Å². The molecule has 0 aliphatic heterocycles. The van der Waals surface area contributed by atoms with Crippen molar-refractivity contribution in [2.75, 3.05) is 5.32 Å². The van der Waals surface area contributed by atoms with Gasteiger partial charge in [-0.15, -0.1) is 0 Å². The van der Waals surface area contributed by atoms with Crippen LogP contribution in [0.4, 0.5) is 5.69 Å². The minimum absolute atomic E-state index is 0.235. The van der Waals surface area contributed by atoms with Crippen molar-refractivity contribution < 1.29 is 14.4 Å². The summed E-state index contributed by atoms with van der Waals surface area (Å²) in [5.74, 6) is -2.43. The summed E-state index contributed by atoms with van der Waals surface area (Å²) in [6.45, 7) is 2.33. The van der Waals surface area contributed by atoms with Crippen molar-refractivity contribution >= 4 is 23.4 Å². The van der Waals surface area contributed by atoms with Crippen LogP contribution in [0.5, 0.6) is 0 Å². The molecule has 0 unspecified atom stereocenters. The largest absolute Gasteiger partial charge is 0.361 e. The molecule has 0 radical (unpaired) electrons. The Labute approximate surface area is 133 Å². The molecule has 2 aromatic rings. The second-order valence-corrected chi connectivity index (χ2v) is 4.97. The lowest BCUT2D eigenvalue weighted by atomic mass is 10.1. The highest BCUT2D eigenvalue weighted by molar-refractivity contribution is 6.39. The van der Waals surface area contributed by atoms with Crippen molar-refractivity contribution in [3.05, 3.63) is 65.2 Å². The van der Waals surface area contributed by atoms with Gasteiger partial charge in [0.2, 0.25) is 0 Å². The Balaban J connectivity index is 2.12. The molecule has 2 rings (SSSR count). The smallest absolute Gasteiger partial charge is 0.313 e. The maximum Gasteiger partial charge on any atom is 0.313 e. The maximum absolute atomic E-state index is 12.3. The van der Waals surface area contributed by atoms with Gasteiger partial charge >= 0.3 is 11.8 Å². The van der Waals surface area contributed by atoms with Crippen LogP contribution in [0.25, 0.3) is 0 Å². The fourth-order valence-electron chi connectivity index (χ4n) is 2.05. The summed E-state index contributed by atoms with van der Waals surface area (Å²) in [4.78, 5) is 34.6. The normalized spacial score (nSPS) is 9.96. The fourth-order valence-corrected chi connectivity index (χ4v) is 2.05. The first-order chi connectivity index (χ1) is 11.0. The minimum atomic E-state index is -1.11. The summed E-state index contributed by atoms with van der Waals surface area (Å²) < 4.78 is 0. The molecule has 0 spiro atoms. The van der Waals surface area contributed by atoms with Crippen LogP contribution in [0.2, 0.25) is 0 Å². The molecular weight excluding hydrogens is 294 g/mol. The number of benzene rings is 2. The van der Waals surface area contributed by atoms with E-state index in [1.165, 1.54) is 6.07 Å². The van der Waals surface area contributed by atoms with Crippen LogP contribution in [-0.4, -0.2) is 17.7 Å². The van der Waals surface area contributed by atoms with Gasteiger partial charge in [0, 0.05) is 6.54 Å². The van der Waals surface area contributed by atoms with E-state index in [0.717, 1.165) is 11.1 Å². The van der Waals surface area contributed by atoms with Gasteiger partial charge in [-0.3, -0.25) is 14.4 Å². The van der Waals surface area contributed by atoms with Gasteiger partial charge in [0.25, 0.3) is 5.91 Å². The predicted molar refractivity (Wildman–Crippen MR) is 86.6 cm³/mol. The molecule has 3 amide bonds. The molecule has 0 aliphatic rings. The molecule has 118 valence electrons. The molecule has 23 heavy (non-hydrogen) atoms. The molecule has 0 saturated heterocycles. The lowest BCUT2D eigenvalue weighted by Gasteiger charge is -2.11. The molecular formula is C17H17N3O3. The number of nitrogens with one attached hydrogen (secondary N) is 2. The van der Waals surface area contributed by atoms with Crippen LogP contribution in [0.15, 0.2) is 48.5 Å². The second-order valence-electron chi connectivity index (χ2n) is 4.97. The van der Waals surface area contributed by atoms with Gasteiger partial charge in [-0.1, -0.05) is 36.4 Å². The Kier molecular flexibility index (Phi) is 5.09. The zero-order chi connectivity index (χ0) is 16.8. The van der Waals surface area contributed by atoms with Gasteiger partial charge in [-0.2, -0.15) is 0 Å². The van der Waals surface area contributed by atoms with Crippen LogP contribution in [0, 0.1) is 6.92 Å². The molecule has 0 atom stereocenters. The standard InChI is InChI=1S/C17H17N3O3/c1-11-6-2-3-7-12(11)10-19-16(22)13-8-4-5-9-14(13)20-17(23)15(18)21/h2-9H,10H2,1H3,(H2,18,21)(H,19,22)(H,20,23). The van der Waals surface area contributed by atoms with Gasteiger partial charge < -0.3 is 16.4 Å².